The Morgan fingerprint density at radius 3 is 2.74 bits per heavy atom. The van der Waals surface area contributed by atoms with Crippen molar-refractivity contribution in [3.63, 3.8) is 0 Å². The van der Waals surface area contributed by atoms with Gasteiger partial charge in [-0.3, -0.25) is 0 Å². The molecule has 19 heavy (non-hydrogen) atoms. The van der Waals surface area contributed by atoms with Gasteiger partial charge in [0.25, 0.3) is 0 Å². The fraction of sp³-hybridized carbons (Fsp3) is 1.00. The highest BCUT2D eigenvalue weighted by Crippen LogP contribution is 2.31. The van der Waals surface area contributed by atoms with Gasteiger partial charge in [0.05, 0.1) is 0 Å². The Balaban J connectivity index is 1.86. The van der Waals surface area contributed by atoms with Gasteiger partial charge in [0.1, 0.15) is 0 Å². The first-order valence-corrected chi connectivity index (χ1v) is 8.11. The smallest absolute Gasteiger partial charge is 0.0471 e. The summed E-state index contributed by atoms with van der Waals surface area (Å²) in [5.41, 5.74) is 0.477. The molecule has 0 aliphatic carbocycles. The van der Waals surface area contributed by atoms with E-state index in [9.17, 15) is 0 Å². The van der Waals surface area contributed by atoms with Crippen LogP contribution in [-0.2, 0) is 4.74 Å². The van der Waals surface area contributed by atoms with E-state index in [1.54, 1.807) is 0 Å². The van der Waals surface area contributed by atoms with Gasteiger partial charge < -0.3 is 15.0 Å². The molecule has 0 saturated carbocycles. The Labute approximate surface area is 119 Å². The zero-order valence-corrected chi connectivity index (χ0v) is 13.1. The quantitative estimate of drug-likeness (QED) is 0.848. The average Bonchev–Trinajstić information content (AvgIpc) is 2.54. The predicted octanol–water partition coefficient (Wildman–Crippen LogP) is 2.51. The second-order valence-corrected chi connectivity index (χ2v) is 7.29. The third-order valence-corrected chi connectivity index (χ3v) is 4.62. The first kappa shape index (κ1) is 15.3. The summed E-state index contributed by atoms with van der Waals surface area (Å²) in [5.74, 6) is 0.788. The topological polar surface area (TPSA) is 24.5 Å². The van der Waals surface area contributed by atoms with Crippen molar-refractivity contribution in [2.45, 2.75) is 52.5 Å². The van der Waals surface area contributed by atoms with E-state index in [0.29, 0.717) is 11.5 Å². The molecule has 3 nitrogen and oxygen atoms in total. The van der Waals surface area contributed by atoms with Gasteiger partial charge in [-0.1, -0.05) is 20.8 Å². The van der Waals surface area contributed by atoms with E-state index in [-0.39, 0.29) is 0 Å². The summed E-state index contributed by atoms with van der Waals surface area (Å²) in [5, 5.41) is 3.73. The van der Waals surface area contributed by atoms with Crippen molar-refractivity contribution < 1.29 is 4.74 Å². The fourth-order valence-corrected chi connectivity index (χ4v) is 3.51. The highest BCUT2D eigenvalue weighted by Gasteiger charge is 2.31. The predicted molar refractivity (Wildman–Crippen MR) is 80.5 cm³/mol. The highest BCUT2D eigenvalue weighted by atomic mass is 16.5. The van der Waals surface area contributed by atoms with Gasteiger partial charge in [-0.2, -0.15) is 0 Å². The Bertz CT molecular complexity index is 261. The molecule has 1 unspecified atom stereocenters. The van der Waals surface area contributed by atoms with Gasteiger partial charge in [0, 0.05) is 32.3 Å². The van der Waals surface area contributed by atoms with Gasteiger partial charge in [-0.15, -0.1) is 0 Å². The van der Waals surface area contributed by atoms with E-state index in [1.165, 1.54) is 51.9 Å². The molecule has 0 aromatic heterocycles. The van der Waals surface area contributed by atoms with Crippen LogP contribution in [-0.4, -0.2) is 50.3 Å². The lowest BCUT2D eigenvalue weighted by molar-refractivity contribution is 0.00462. The van der Waals surface area contributed by atoms with E-state index >= 15 is 0 Å². The molecule has 1 atom stereocenters. The minimum Gasteiger partial charge on any atom is -0.381 e. The van der Waals surface area contributed by atoms with Crippen molar-refractivity contribution in [1.29, 1.82) is 0 Å². The number of ether oxygens (including phenoxy) is 1. The molecule has 0 bridgehead atoms. The first-order chi connectivity index (χ1) is 9.07. The summed E-state index contributed by atoms with van der Waals surface area (Å²) < 4.78 is 5.52. The summed E-state index contributed by atoms with van der Waals surface area (Å²) in [7, 11) is 0. The van der Waals surface area contributed by atoms with Crippen LogP contribution in [0.3, 0.4) is 0 Å². The third-order valence-electron chi connectivity index (χ3n) is 4.62. The molecule has 0 amide bonds. The Morgan fingerprint density at radius 1 is 1.32 bits per heavy atom. The van der Waals surface area contributed by atoms with Crippen molar-refractivity contribution in [3.8, 4) is 0 Å². The number of nitrogens with one attached hydrogen (secondary N) is 1. The molecule has 2 saturated heterocycles. The van der Waals surface area contributed by atoms with Gasteiger partial charge in [0.2, 0.25) is 0 Å². The van der Waals surface area contributed by atoms with Crippen LogP contribution in [0.1, 0.15) is 46.5 Å². The van der Waals surface area contributed by atoms with E-state index in [0.717, 1.165) is 19.1 Å². The number of hydrogen-bond donors (Lipinski definition) is 1. The monoisotopic (exact) mass is 268 g/mol. The van der Waals surface area contributed by atoms with Gasteiger partial charge in [-0.25, -0.2) is 0 Å². The lowest BCUT2D eigenvalue weighted by Gasteiger charge is -2.38. The maximum atomic E-state index is 5.52. The van der Waals surface area contributed by atoms with E-state index < -0.39 is 0 Å². The second-order valence-electron chi connectivity index (χ2n) is 7.29. The summed E-state index contributed by atoms with van der Waals surface area (Å²) in [4.78, 5) is 2.71. The molecule has 3 heteroatoms. The molecule has 2 aliphatic rings. The second kappa shape index (κ2) is 7.05. The van der Waals surface area contributed by atoms with Gasteiger partial charge in [-0.05, 0) is 50.1 Å². The molecule has 0 aromatic rings. The van der Waals surface area contributed by atoms with Crippen molar-refractivity contribution >= 4 is 0 Å². The Hall–Kier alpha value is -0.120. The Kier molecular flexibility index (Phi) is 5.67. The molecule has 2 rings (SSSR count). The zero-order chi connectivity index (χ0) is 13.7. The van der Waals surface area contributed by atoms with Crippen LogP contribution in [0.5, 0.6) is 0 Å². The minimum absolute atomic E-state index is 0.477. The first-order valence-electron chi connectivity index (χ1n) is 8.11. The zero-order valence-electron chi connectivity index (χ0n) is 13.1. The molecular weight excluding hydrogens is 236 g/mol. The van der Waals surface area contributed by atoms with Crippen molar-refractivity contribution in [2.24, 2.45) is 11.3 Å². The van der Waals surface area contributed by atoms with E-state index in [4.69, 9.17) is 4.74 Å². The van der Waals surface area contributed by atoms with Crippen LogP contribution in [0.4, 0.5) is 0 Å². The maximum Gasteiger partial charge on any atom is 0.0471 e. The Morgan fingerprint density at radius 2 is 2.05 bits per heavy atom. The van der Waals surface area contributed by atoms with Crippen LogP contribution >= 0.6 is 0 Å². The summed E-state index contributed by atoms with van der Waals surface area (Å²) >= 11 is 0. The van der Waals surface area contributed by atoms with Crippen LogP contribution in [0, 0.1) is 11.3 Å². The van der Waals surface area contributed by atoms with Crippen molar-refractivity contribution in [3.05, 3.63) is 0 Å². The number of rotatable bonds is 4. The van der Waals surface area contributed by atoms with Gasteiger partial charge in [0.15, 0.2) is 0 Å². The molecule has 0 aromatic carbocycles. The minimum atomic E-state index is 0.477. The molecule has 2 heterocycles. The summed E-state index contributed by atoms with van der Waals surface area (Å²) in [6, 6.07) is 0.686. The summed E-state index contributed by atoms with van der Waals surface area (Å²) in [6.07, 6.45) is 5.05. The SMILES string of the molecule is CC(C)CC1CN(CC2(C)CCOCC2)CCCN1. The van der Waals surface area contributed by atoms with Crippen molar-refractivity contribution in [1.82, 2.24) is 10.2 Å². The molecule has 1 N–H and O–H groups in total. The lowest BCUT2D eigenvalue weighted by Crippen LogP contribution is -2.44. The molecule has 112 valence electrons. The van der Waals surface area contributed by atoms with Crippen LogP contribution in [0.2, 0.25) is 0 Å². The lowest BCUT2D eigenvalue weighted by atomic mass is 9.82. The molecule has 2 fully saturated rings. The largest absolute Gasteiger partial charge is 0.381 e. The third kappa shape index (κ3) is 5.05. The molecule has 0 spiro atoms. The number of hydrogen-bond acceptors (Lipinski definition) is 3. The van der Waals surface area contributed by atoms with Crippen LogP contribution in [0.25, 0.3) is 0 Å². The maximum absolute atomic E-state index is 5.52. The fourth-order valence-electron chi connectivity index (χ4n) is 3.51. The number of nitrogens with zero attached hydrogens (tertiary/aromatic N) is 1. The van der Waals surface area contributed by atoms with Crippen LogP contribution in [0.15, 0.2) is 0 Å². The van der Waals surface area contributed by atoms with E-state index in [2.05, 4.69) is 31.0 Å². The summed E-state index contributed by atoms with van der Waals surface area (Å²) in [6.45, 7) is 14.0. The average molecular weight is 268 g/mol. The van der Waals surface area contributed by atoms with E-state index in [1.807, 2.05) is 0 Å². The molecule has 2 aliphatic heterocycles. The normalized spacial score (nSPS) is 29.4. The standard InChI is InChI=1S/C16H32N2O/c1-14(2)11-15-12-18(8-4-7-17-15)13-16(3)5-9-19-10-6-16/h14-15,17H,4-13H2,1-3H3. The van der Waals surface area contributed by atoms with Gasteiger partial charge >= 0.3 is 0 Å². The molecule has 0 radical (unpaired) electrons. The van der Waals surface area contributed by atoms with Crippen molar-refractivity contribution in [2.75, 3.05) is 39.4 Å². The van der Waals surface area contributed by atoms with Crippen LogP contribution < -0.4 is 5.32 Å². The molecular formula is C16H32N2O. The highest BCUT2D eigenvalue weighted by molar-refractivity contribution is 4.85.